The van der Waals surface area contributed by atoms with E-state index in [-0.39, 0.29) is 55.4 Å². The number of halogens is 2. The fourth-order valence-electron chi connectivity index (χ4n) is 0.553. The Bertz CT molecular complexity index is 123. The molecule has 0 aromatic rings. The average molecular weight is 282 g/mol. The number of Topliss-reactive ketones (excluding diaryl/α,β-unsaturated/α-hetero) is 1. The summed E-state index contributed by atoms with van der Waals surface area (Å²) in [5.74, 6) is -0.761. The van der Waals surface area contributed by atoms with Crippen molar-refractivity contribution in [1.29, 1.82) is 0 Å². The zero-order chi connectivity index (χ0) is 8.15. The first kappa shape index (κ1) is 14.6. The van der Waals surface area contributed by atoms with Crippen LogP contribution in [0.4, 0.5) is 8.78 Å². The van der Waals surface area contributed by atoms with Gasteiger partial charge in [-0.25, -0.2) is 8.78 Å². The van der Waals surface area contributed by atoms with Crippen molar-refractivity contribution in [3.05, 3.63) is 0 Å². The van der Waals surface area contributed by atoms with Crippen molar-refractivity contribution in [1.82, 2.24) is 5.32 Å². The Kier molecular flexibility index (Phi) is 10.2. The van der Waals surface area contributed by atoms with E-state index in [1.54, 1.807) is 0 Å². The first-order valence-electron chi connectivity index (χ1n) is 3.02. The second-order valence-corrected chi connectivity index (χ2v) is 2.09. The molecule has 0 fully saturated rings. The molecule has 2 atom stereocenters. The van der Waals surface area contributed by atoms with Crippen LogP contribution in [0.15, 0.2) is 0 Å². The maximum atomic E-state index is 12.4. The molecule has 0 aromatic heterocycles. The average Bonchev–Trinajstić information content (AvgIpc) is 1.87. The largest absolute Gasteiger partial charge is 0.317 e. The smallest absolute Gasteiger partial charge is 0.190 e. The van der Waals surface area contributed by atoms with Gasteiger partial charge in [0.1, 0.15) is 0 Å². The minimum Gasteiger partial charge on any atom is -0.317 e. The predicted octanol–water partition coefficient (Wildman–Crippen LogP) is 0.471. The minimum atomic E-state index is -1.98. The molecule has 0 radical (unpaired) electrons. The third-order valence-electron chi connectivity index (χ3n) is 1.11. The molecule has 0 aliphatic rings. The first-order valence-corrected chi connectivity index (χ1v) is 3.02. The summed E-state index contributed by atoms with van der Waals surface area (Å²) in [5.41, 5.74) is 0. The van der Waals surface area contributed by atoms with Crippen LogP contribution in [-0.4, -0.2) is 31.7 Å². The summed E-state index contributed by atoms with van der Waals surface area (Å²) >= 11 is 0. The molecule has 0 saturated heterocycles. The van der Waals surface area contributed by atoms with Crippen molar-refractivity contribution in [2.75, 3.05) is 13.6 Å². The van der Waals surface area contributed by atoms with Crippen LogP contribution < -0.4 is 5.32 Å². The van der Waals surface area contributed by atoms with Gasteiger partial charge < -0.3 is 5.32 Å². The molecule has 0 heterocycles. The van der Waals surface area contributed by atoms with E-state index >= 15 is 0 Å². The molecule has 68 valence electrons. The summed E-state index contributed by atoms with van der Waals surface area (Å²) in [4.78, 5) is 10.2. The fraction of sp³-hybridized carbons (Fsp3) is 0.833. The molecule has 0 spiro atoms. The van der Waals surface area contributed by atoms with Gasteiger partial charge in [0.05, 0.1) is 0 Å². The number of hydrogen-bond acceptors (Lipinski definition) is 2. The molecule has 2 unspecified atom stereocenters. The standard InChI is InChI=1S/C6H11F2NO.Xe/c1-4(10)6(8)5(7)3-9-2;/h5-6,9H,3H2,1-2H3;. The summed E-state index contributed by atoms with van der Waals surface area (Å²) in [6.07, 6.45) is -3.70. The molecule has 11 heavy (non-hydrogen) atoms. The van der Waals surface area contributed by atoms with E-state index in [0.717, 1.165) is 6.92 Å². The van der Waals surface area contributed by atoms with E-state index < -0.39 is 18.1 Å². The van der Waals surface area contributed by atoms with Crippen LogP contribution in [0, 0.1) is 48.9 Å². The van der Waals surface area contributed by atoms with Crippen molar-refractivity contribution in [2.45, 2.75) is 19.3 Å². The summed E-state index contributed by atoms with van der Waals surface area (Å²) in [6, 6.07) is 0. The van der Waals surface area contributed by atoms with Crippen LogP contribution in [0.1, 0.15) is 6.92 Å². The van der Waals surface area contributed by atoms with Crippen molar-refractivity contribution in [3.8, 4) is 0 Å². The minimum absolute atomic E-state index is 0. The van der Waals surface area contributed by atoms with E-state index in [4.69, 9.17) is 0 Å². The molecule has 2 nitrogen and oxygen atoms in total. The molecule has 0 aliphatic heterocycles. The number of nitrogens with one attached hydrogen (secondary N) is 1. The van der Waals surface area contributed by atoms with Gasteiger partial charge in [-0.05, 0) is 14.0 Å². The van der Waals surface area contributed by atoms with Gasteiger partial charge in [-0.2, -0.15) is 0 Å². The number of rotatable bonds is 4. The van der Waals surface area contributed by atoms with E-state index in [0.29, 0.717) is 0 Å². The summed E-state index contributed by atoms with van der Waals surface area (Å²) in [7, 11) is 1.50. The summed E-state index contributed by atoms with van der Waals surface area (Å²) < 4.78 is 24.7. The van der Waals surface area contributed by atoms with Crippen LogP contribution in [0.5, 0.6) is 0 Å². The molecule has 1 N–H and O–H groups in total. The van der Waals surface area contributed by atoms with Crippen molar-refractivity contribution in [2.24, 2.45) is 0 Å². The molecular weight excluding hydrogens is 271 g/mol. The SMILES string of the molecule is CNCC(F)C(F)C(C)=O.[Xe]. The molecule has 0 bridgehead atoms. The second-order valence-electron chi connectivity index (χ2n) is 2.09. The van der Waals surface area contributed by atoms with Crippen molar-refractivity contribution >= 4 is 5.78 Å². The van der Waals surface area contributed by atoms with Gasteiger partial charge in [-0.1, -0.05) is 0 Å². The van der Waals surface area contributed by atoms with E-state index in [1.165, 1.54) is 7.05 Å². The number of carbonyl (C=O) groups is 1. The second kappa shape index (κ2) is 7.70. The van der Waals surface area contributed by atoms with Gasteiger partial charge in [0.25, 0.3) is 0 Å². The Hall–Kier alpha value is 1.06. The quantitative estimate of drug-likeness (QED) is 0.812. The Balaban J connectivity index is 0. The van der Waals surface area contributed by atoms with Gasteiger partial charge in [-0.3, -0.25) is 4.79 Å². The van der Waals surface area contributed by atoms with Gasteiger partial charge in [-0.15, -0.1) is 0 Å². The van der Waals surface area contributed by atoms with E-state index in [2.05, 4.69) is 5.32 Å². The van der Waals surface area contributed by atoms with Crippen LogP contribution in [0.25, 0.3) is 0 Å². The Morgan fingerprint density at radius 3 is 2.27 bits per heavy atom. The van der Waals surface area contributed by atoms with E-state index in [1.807, 2.05) is 0 Å². The van der Waals surface area contributed by atoms with Crippen molar-refractivity contribution < 1.29 is 62.5 Å². The van der Waals surface area contributed by atoms with E-state index in [9.17, 15) is 13.6 Å². The Morgan fingerprint density at radius 1 is 1.55 bits per heavy atom. The predicted molar refractivity (Wildman–Crippen MR) is 34.4 cm³/mol. The number of carbonyl (C=O) groups excluding carboxylic acids is 1. The molecule has 5 heteroatoms. The monoisotopic (exact) mass is 283 g/mol. The van der Waals surface area contributed by atoms with Gasteiger partial charge >= 0.3 is 0 Å². The molecule has 0 rings (SSSR count). The van der Waals surface area contributed by atoms with Crippen molar-refractivity contribution in [3.63, 3.8) is 0 Å². The third-order valence-corrected chi connectivity index (χ3v) is 1.11. The molecule has 0 aromatic carbocycles. The zero-order valence-corrected chi connectivity index (χ0v) is 8.40. The van der Waals surface area contributed by atoms with Gasteiger partial charge in [0.15, 0.2) is 18.1 Å². The molecule has 0 amide bonds. The molecular formula is C6H11F2NOXe. The maximum Gasteiger partial charge on any atom is 0.190 e. The summed E-state index contributed by atoms with van der Waals surface area (Å²) in [6.45, 7) is 0.910. The number of hydrogen-bond donors (Lipinski definition) is 1. The topological polar surface area (TPSA) is 29.1 Å². The fourth-order valence-corrected chi connectivity index (χ4v) is 0.553. The summed E-state index contributed by atoms with van der Waals surface area (Å²) in [5, 5.41) is 2.44. The maximum absolute atomic E-state index is 12.4. The van der Waals surface area contributed by atoms with Gasteiger partial charge in [0, 0.05) is 55.4 Å². The van der Waals surface area contributed by atoms with Crippen LogP contribution >= 0.6 is 0 Å². The zero-order valence-electron chi connectivity index (χ0n) is 6.38. The normalized spacial score (nSPS) is 14.9. The number of ketones is 1. The molecule has 0 aliphatic carbocycles. The van der Waals surface area contributed by atoms with Crippen LogP contribution in [-0.2, 0) is 4.79 Å². The first-order chi connectivity index (χ1) is 4.59. The third kappa shape index (κ3) is 6.24. The van der Waals surface area contributed by atoms with Gasteiger partial charge in [0.2, 0.25) is 0 Å². The Morgan fingerprint density at radius 2 is 2.00 bits per heavy atom. The van der Waals surface area contributed by atoms with Crippen LogP contribution in [0.3, 0.4) is 0 Å². The Labute approximate surface area is 105 Å². The van der Waals surface area contributed by atoms with Crippen LogP contribution in [0.2, 0.25) is 0 Å². The number of alkyl halides is 2. The molecule has 0 saturated carbocycles.